The minimum Gasteiger partial charge on any atom is -0.328 e. The van der Waals surface area contributed by atoms with Gasteiger partial charge in [-0.25, -0.2) is 9.07 Å². The predicted octanol–water partition coefficient (Wildman–Crippen LogP) is 3.42. The molecule has 2 aromatic heterocycles. The highest BCUT2D eigenvalue weighted by Gasteiger charge is 2.18. The Balaban J connectivity index is 1.46. The van der Waals surface area contributed by atoms with E-state index in [1.807, 2.05) is 0 Å². The topological polar surface area (TPSA) is 98.7 Å². The number of rotatable bonds is 5. The summed E-state index contributed by atoms with van der Waals surface area (Å²) in [5.41, 5.74) is 1.70. The highest BCUT2D eigenvalue weighted by Crippen LogP contribution is 2.17. The number of anilines is 1. The number of hydrogen-bond donors (Lipinski definition) is 1. The summed E-state index contributed by atoms with van der Waals surface area (Å²) < 4.78 is 19.5. The molecular formula is C18H12ClFN6O2. The lowest BCUT2D eigenvalue weighted by atomic mass is 10.2. The van der Waals surface area contributed by atoms with Gasteiger partial charge in [0.15, 0.2) is 5.69 Å². The van der Waals surface area contributed by atoms with Crippen molar-refractivity contribution < 1.29 is 13.7 Å². The molecule has 1 N–H and O–H groups in total. The van der Waals surface area contributed by atoms with E-state index in [1.165, 1.54) is 12.1 Å². The zero-order valence-electron chi connectivity index (χ0n) is 14.2. The van der Waals surface area contributed by atoms with Gasteiger partial charge in [-0.2, -0.15) is 4.98 Å². The van der Waals surface area contributed by atoms with Crippen LogP contribution in [-0.4, -0.2) is 31.0 Å². The molecule has 2 heterocycles. The molecule has 0 saturated carbocycles. The van der Waals surface area contributed by atoms with Crippen molar-refractivity contribution in [2.45, 2.75) is 6.54 Å². The van der Waals surface area contributed by atoms with Crippen LogP contribution in [0.2, 0.25) is 5.02 Å². The van der Waals surface area contributed by atoms with E-state index < -0.39 is 5.91 Å². The van der Waals surface area contributed by atoms with Crippen molar-refractivity contribution in [3.63, 3.8) is 0 Å². The van der Waals surface area contributed by atoms with Gasteiger partial charge in [0.1, 0.15) is 5.82 Å². The van der Waals surface area contributed by atoms with Crippen LogP contribution in [0, 0.1) is 5.82 Å². The summed E-state index contributed by atoms with van der Waals surface area (Å²) in [5.74, 6) is -0.970. The Morgan fingerprint density at radius 1 is 1.21 bits per heavy atom. The first-order valence-corrected chi connectivity index (χ1v) is 8.50. The molecule has 28 heavy (non-hydrogen) atoms. The SMILES string of the molecule is O=C(Nc1cccc(Cl)c1)c1nc(-c2cn(Cc3ccc(F)cc3)nn2)no1. The van der Waals surface area contributed by atoms with Crippen LogP contribution >= 0.6 is 11.6 Å². The average Bonchev–Trinajstić information content (AvgIpc) is 3.33. The number of carbonyl (C=O) groups excluding carboxylic acids is 1. The molecule has 8 nitrogen and oxygen atoms in total. The second-order valence-corrected chi connectivity index (χ2v) is 6.25. The first-order chi connectivity index (χ1) is 13.6. The Hall–Kier alpha value is -3.59. The summed E-state index contributed by atoms with van der Waals surface area (Å²) in [6.45, 7) is 0.396. The molecule has 0 unspecified atom stereocenters. The van der Waals surface area contributed by atoms with E-state index in [1.54, 1.807) is 47.3 Å². The molecule has 0 radical (unpaired) electrons. The zero-order valence-corrected chi connectivity index (χ0v) is 15.0. The summed E-state index contributed by atoms with van der Waals surface area (Å²) in [6.07, 6.45) is 1.60. The van der Waals surface area contributed by atoms with E-state index in [4.69, 9.17) is 16.1 Å². The minimum atomic E-state index is -0.570. The van der Waals surface area contributed by atoms with Crippen LogP contribution < -0.4 is 5.32 Å². The normalized spacial score (nSPS) is 10.8. The van der Waals surface area contributed by atoms with E-state index in [2.05, 4.69) is 25.8 Å². The van der Waals surface area contributed by atoms with Crippen molar-refractivity contribution in [2.24, 2.45) is 0 Å². The molecule has 0 saturated heterocycles. The van der Waals surface area contributed by atoms with Gasteiger partial charge in [-0.1, -0.05) is 40.2 Å². The molecule has 0 bridgehead atoms. The number of nitrogens with one attached hydrogen (secondary N) is 1. The van der Waals surface area contributed by atoms with Gasteiger partial charge in [-0.3, -0.25) is 4.79 Å². The van der Waals surface area contributed by atoms with Crippen molar-refractivity contribution in [2.75, 3.05) is 5.32 Å². The number of amides is 1. The summed E-state index contributed by atoms with van der Waals surface area (Å²) in [7, 11) is 0. The number of halogens is 2. The lowest BCUT2D eigenvalue weighted by molar-refractivity contribution is 0.0981. The van der Waals surface area contributed by atoms with Crippen LogP contribution in [0.1, 0.15) is 16.2 Å². The van der Waals surface area contributed by atoms with Crippen molar-refractivity contribution in [3.8, 4) is 11.5 Å². The standard InChI is InChI=1S/C18H12ClFN6O2/c19-12-2-1-3-14(8-12)21-17(27)18-22-16(24-28-18)15-10-26(25-23-15)9-11-4-6-13(20)7-5-11/h1-8,10H,9H2,(H,21,27). The maximum Gasteiger partial charge on any atom is 0.316 e. The molecule has 0 aliphatic rings. The molecule has 140 valence electrons. The van der Waals surface area contributed by atoms with E-state index in [-0.39, 0.29) is 17.5 Å². The van der Waals surface area contributed by atoms with Crippen molar-refractivity contribution in [3.05, 3.63) is 77.0 Å². The maximum absolute atomic E-state index is 13.0. The second kappa shape index (κ2) is 7.57. The van der Waals surface area contributed by atoms with Crippen LogP contribution in [0.3, 0.4) is 0 Å². The van der Waals surface area contributed by atoms with Gasteiger partial charge in [0.25, 0.3) is 0 Å². The zero-order chi connectivity index (χ0) is 19.5. The van der Waals surface area contributed by atoms with Gasteiger partial charge in [0.2, 0.25) is 5.82 Å². The Bertz CT molecular complexity index is 1130. The van der Waals surface area contributed by atoms with Gasteiger partial charge >= 0.3 is 11.8 Å². The van der Waals surface area contributed by atoms with E-state index >= 15 is 0 Å². The van der Waals surface area contributed by atoms with Gasteiger partial charge < -0.3 is 9.84 Å². The van der Waals surface area contributed by atoms with Crippen molar-refractivity contribution in [1.29, 1.82) is 0 Å². The third-order valence-electron chi connectivity index (χ3n) is 3.73. The molecule has 1 amide bonds. The van der Waals surface area contributed by atoms with Crippen molar-refractivity contribution >= 4 is 23.2 Å². The highest BCUT2D eigenvalue weighted by molar-refractivity contribution is 6.30. The average molecular weight is 399 g/mol. The van der Waals surface area contributed by atoms with Crippen LogP contribution in [-0.2, 0) is 6.54 Å². The van der Waals surface area contributed by atoms with Gasteiger partial charge in [-0.05, 0) is 35.9 Å². The lowest BCUT2D eigenvalue weighted by Crippen LogP contribution is -2.12. The quantitative estimate of drug-likeness (QED) is 0.553. The monoisotopic (exact) mass is 398 g/mol. The fourth-order valence-corrected chi connectivity index (χ4v) is 2.62. The Labute approximate surface area is 162 Å². The third kappa shape index (κ3) is 4.04. The number of carbonyl (C=O) groups is 1. The van der Waals surface area contributed by atoms with Gasteiger partial charge in [0, 0.05) is 10.7 Å². The molecule has 0 atom stereocenters. The van der Waals surface area contributed by atoms with Crippen LogP contribution in [0.5, 0.6) is 0 Å². The Morgan fingerprint density at radius 2 is 2.04 bits per heavy atom. The fourth-order valence-electron chi connectivity index (χ4n) is 2.43. The lowest BCUT2D eigenvalue weighted by Gasteiger charge is -2.01. The van der Waals surface area contributed by atoms with Crippen LogP contribution in [0.15, 0.2) is 59.3 Å². The Morgan fingerprint density at radius 3 is 2.82 bits per heavy atom. The van der Waals surface area contributed by atoms with Crippen LogP contribution in [0.25, 0.3) is 11.5 Å². The summed E-state index contributed by atoms with van der Waals surface area (Å²) in [6, 6.07) is 12.7. The van der Waals surface area contributed by atoms with Crippen LogP contribution in [0.4, 0.5) is 10.1 Å². The molecule has 10 heteroatoms. The number of benzene rings is 2. The third-order valence-corrected chi connectivity index (χ3v) is 3.96. The molecule has 0 fully saturated rings. The molecule has 0 aliphatic carbocycles. The first kappa shape index (κ1) is 17.8. The molecule has 2 aromatic carbocycles. The molecule has 4 aromatic rings. The number of nitrogens with zero attached hydrogens (tertiary/aromatic N) is 5. The minimum absolute atomic E-state index is 0.126. The van der Waals surface area contributed by atoms with E-state index in [0.717, 1.165) is 5.56 Å². The van der Waals surface area contributed by atoms with Crippen molar-refractivity contribution in [1.82, 2.24) is 25.1 Å². The number of hydrogen-bond acceptors (Lipinski definition) is 6. The molecule has 0 aliphatic heterocycles. The van der Waals surface area contributed by atoms with E-state index in [9.17, 15) is 9.18 Å². The Kier molecular flexibility index (Phi) is 4.81. The molecule has 0 spiro atoms. The highest BCUT2D eigenvalue weighted by atomic mass is 35.5. The largest absolute Gasteiger partial charge is 0.328 e. The van der Waals surface area contributed by atoms with Gasteiger partial charge in [0.05, 0.1) is 12.7 Å². The summed E-state index contributed by atoms with van der Waals surface area (Å²) >= 11 is 5.89. The fraction of sp³-hybridized carbons (Fsp3) is 0.0556. The summed E-state index contributed by atoms with van der Waals surface area (Å²) in [4.78, 5) is 16.3. The van der Waals surface area contributed by atoms with Gasteiger partial charge in [-0.15, -0.1) is 5.10 Å². The maximum atomic E-state index is 13.0. The molecule has 4 rings (SSSR count). The molecular weight excluding hydrogens is 387 g/mol. The number of aromatic nitrogens is 5. The smallest absolute Gasteiger partial charge is 0.316 e. The summed E-state index contributed by atoms with van der Waals surface area (Å²) in [5, 5.41) is 14.8. The second-order valence-electron chi connectivity index (χ2n) is 5.82. The predicted molar refractivity (Wildman–Crippen MR) is 98.2 cm³/mol. The first-order valence-electron chi connectivity index (χ1n) is 8.12. The van der Waals surface area contributed by atoms with E-state index in [0.29, 0.717) is 22.9 Å².